The van der Waals surface area contributed by atoms with Gasteiger partial charge >= 0.3 is 0 Å². The van der Waals surface area contributed by atoms with E-state index in [1.807, 2.05) is 6.92 Å². The number of halogens is 1. The summed E-state index contributed by atoms with van der Waals surface area (Å²) in [7, 11) is 0. The van der Waals surface area contributed by atoms with Crippen molar-refractivity contribution in [3.63, 3.8) is 0 Å². The highest BCUT2D eigenvalue weighted by Gasteiger charge is 2.12. The average molecular weight is 424 g/mol. The first-order valence-corrected chi connectivity index (χ1v) is 8.40. The van der Waals surface area contributed by atoms with E-state index < -0.39 is 10.8 Å². The molecule has 0 aliphatic rings. The normalized spacial score (nSPS) is 10.0. The maximum atomic E-state index is 12.2. The van der Waals surface area contributed by atoms with Crippen LogP contribution >= 0.6 is 28.1 Å². The Morgan fingerprint density at radius 2 is 2.08 bits per heavy atom. The molecular formula is C16H14BrN3O4S. The number of carbonyl (C=O) groups is 1. The second-order valence-corrected chi connectivity index (χ2v) is 6.06. The molecule has 2 N–H and O–H groups in total. The summed E-state index contributed by atoms with van der Waals surface area (Å²) in [4.78, 5) is 22.5. The van der Waals surface area contributed by atoms with Crippen LogP contribution in [0.25, 0.3) is 0 Å². The monoisotopic (exact) mass is 423 g/mol. The van der Waals surface area contributed by atoms with Crippen LogP contribution in [0.5, 0.6) is 5.75 Å². The molecule has 130 valence electrons. The maximum Gasteiger partial charge on any atom is 0.271 e. The van der Waals surface area contributed by atoms with Gasteiger partial charge in [0.2, 0.25) is 0 Å². The third kappa shape index (κ3) is 5.23. The second-order valence-electron chi connectivity index (χ2n) is 4.79. The Balaban J connectivity index is 2.03. The predicted molar refractivity (Wildman–Crippen MR) is 102 cm³/mol. The lowest BCUT2D eigenvalue weighted by molar-refractivity contribution is -0.384. The molecular weight excluding hydrogens is 410 g/mol. The van der Waals surface area contributed by atoms with Gasteiger partial charge in [-0.15, -0.1) is 0 Å². The van der Waals surface area contributed by atoms with Gasteiger partial charge in [0.15, 0.2) is 5.11 Å². The summed E-state index contributed by atoms with van der Waals surface area (Å²) in [6.07, 6.45) is 0. The second kappa shape index (κ2) is 8.54. The molecule has 0 fully saturated rings. The Kier molecular flexibility index (Phi) is 6.43. The van der Waals surface area contributed by atoms with E-state index in [1.54, 1.807) is 24.3 Å². The number of hydrogen-bond acceptors (Lipinski definition) is 5. The van der Waals surface area contributed by atoms with E-state index in [-0.39, 0.29) is 10.8 Å². The number of nitro benzene ring substituents is 1. The van der Waals surface area contributed by atoms with Crippen LogP contribution in [0.3, 0.4) is 0 Å². The van der Waals surface area contributed by atoms with E-state index in [2.05, 4.69) is 26.6 Å². The SMILES string of the molecule is CCOc1ccc(C(=O)NC(=S)Nc2cccc([N+](=O)[O-])c2)cc1Br. The van der Waals surface area contributed by atoms with E-state index in [1.165, 1.54) is 18.2 Å². The van der Waals surface area contributed by atoms with E-state index in [9.17, 15) is 14.9 Å². The lowest BCUT2D eigenvalue weighted by Gasteiger charge is -2.11. The highest BCUT2D eigenvalue weighted by atomic mass is 79.9. The molecule has 0 aliphatic heterocycles. The molecule has 0 atom stereocenters. The number of thiocarbonyl (C=S) groups is 1. The Bertz CT molecular complexity index is 829. The van der Waals surface area contributed by atoms with Gasteiger partial charge in [-0.05, 0) is 59.3 Å². The van der Waals surface area contributed by atoms with Crippen molar-refractivity contribution in [2.24, 2.45) is 0 Å². The number of ether oxygens (including phenoxy) is 1. The summed E-state index contributed by atoms with van der Waals surface area (Å²) in [6, 6.07) is 10.7. The highest BCUT2D eigenvalue weighted by Crippen LogP contribution is 2.26. The first kappa shape index (κ1) is 18.8. The van der Waals surface area contributed by atoms with E-state index in [0.717, 1.165) is 0 Å². The van der Waals surface area contributed by atoms with Crippen LogP contribution < -0.4 is 15.4 Å². The van der Waals surface area contributed by atoms with Crippen molar-refractivity contribution in [3.05, 3.63) is 62.6 Å². The number of anilines is 1. The van der Waals surface area contributed by atoms with Crippen LogP contribution in [0.15, 0.2) is 46.9 Å². The molecule has 9 heteroatoms. The average Bonchev–Trinajstić information content (AvgIpc) is 2.56. The molecule has 0 aliphatic carbocycles. The molecule has 2 rings (SSSR count). The number of rotatable bonds is 5. The number of amides is 1. The van der Waals surface area contributed by atoms with Crippen molar-refractivity contribution in [3.8, 4) is 5.75 Å². The third-order valence-electron chi connectivity index (χ3n) is 3.04. The summed E-state index contributed by atoms with van der Waals surface area (Å²) < 4.78 is 6.04. The van der Waals surface area contributed by atoms with E-state index in [4.69, 9.17) is 17.0 Å². The van der Waals surface area contributed by atoms with Crippen LogP contribution in [0, 0.1) is 10.1 Å². The van der Waals surface area contributed by atoms with Gasteiger partial charge in [-0.2, -0.15) is 0 Å². The number of hydrogen-bond donors (Lipinski definition) is 2. The third-order valence-corrected chi connectivity index (χ3v) is 3.86. The Morgan fingerprint density at radius 3 is 2.72 bits per heavy atom. The zero-order valence-electron chi connectivity index (χ0n) is 13.1. The fraction of sp³-hybridized carbons (Fsp3) is 0.125. The molecule has 0 heterocycles. The van der Waals surface area contributed by atoms with Crippen molar-refractivity contribution < 1.29 is 14.5 Å². The molecule has 2 aromatic carbocycles. The Hall–Kier alpha value is -2.52. The molecule has 7 nitrogen and oxygen atoms in total. The molecule has 0 bridgehead atoms. The van der Waals surface area contributed by atoms with Gasteiger partial charge in [0.05, 0.1) is 16.0 Å². The molecule has 0 saturated carbocycles. The van der Waals surface area contributed by atoms with Crippen molar-refractivity contribution in [2.75, 3.05) is 11.9 Å². The lowest BCUT2D eigenvalue weighted by atomic mass is 10.2. The largest absolute Gasteiger partial charge is 0.493 e. The van der Waals surface area contributed by atoms with Crippen molar-refractivity contribution in [1.29, 1.82) is 0 Å². The Labute approximate surface area is 157 Å². The summed E-state index contributed by atoms with van der Waals surface area (Å²) in [5.74, 6) is 0.225. The molecule has 0 saturated heterocycles. The lowest BCUT2D eigenvalue weighted by Crippen LogP contribution is -2.34. The molecule has 25 heavy (non-hydrogen) atoms. The molecule has 0 aromatic heterocycles. The van der Waals surface area contributed by atoms with Gasteiger partial charge in [0, 0.05) is 23.4 Å². The van der Waals surface area contributed by atoms with E-state index >= 15 is 0 Å². The summed E-state index contributed by atoms with van der Waals surface area (Å²) >= 11 is 8.41. The van der Waals surface area contributed by atoms with Crippen molar-refractivity contribution in [1.82, 2.24) is 5.32 Å². The van der Waals surface area contributed by atoms with Gasteiger partial charge < -0.3 is 10.1 Å². The standard InChI is InChI=1S/C16H14BrN3O4S/c1-2-24-14-7-6-10(8-13(14)17)15(21)19-16(25)18-11-4-3-5-12(9-11)20(22)23/h3-9H,2H2,1H3,(H2,18,19,21,25). The van der Waals surface area contributed by atoms with Crippen LogP contribution in [-0.2, 0) is 0 Å². The quantitative estimate of drug-likeness (QED) is 0.430. The van der Waals surface area contributed by atoms with Crippen LogP contribution in [0.4, 0.5) is 11.4 Å². The van der Waals surface area contributed by atoms with Gasteiger partial charge in [0.1, 0.15) is 5.75 Å². The number of nitrogens with zero attached hydrogens (tertiary/aromatic N) is 1. The minimum atomic E-state index is -0.510. The van der Waals surface area contributed by atoms with E-state index in [0.29, 0.717) is 28.1 Å². The van der Waals surface area contributed by atoms with Gasteiger partial charge in [0.25, 0.3) is 11.6 Å². The van der Waals surface area contributed by atoms with Gasteiger partial charge in [-0.1, -0.05) is 6.07 Å². The molecule has 1 amide bonds. The summed E-state index contributed by atoms with van der Waals surface area (Å²) in [5.41, 5.74) is 0.723. The van der Waals surface area contributed by atoms with Gasteiger partial charge in [-0.3, -0.25) is 20.2 Å². The summed E-state index contributed by atoms with van der Waals surface area (Å²) in [6.45, 7) is 2.38. The number of carbonyl (C=O) groups excluding carboxylic acids is 1. The highest BCUT2D eigenvalue weighted by molar-refractivity contribution is 9.10. The maximum absolute atomic E-state index is 12.2. The molecule has 0 radical (unpaired) electrons. The van der Waals surface area contributed by atoms with Crippen molar-refractivity contribution in [2.45, 2.75) is 6.92 Å². The smallest absolute Gasteiger partial charge is 0.271 e. The predicted octanol–water partition coefficient (Wildman–Crippen LogP) is 3.88. The van der Waals surface area contributed by atoms with Crippen LogP contribution in [0.2, 0.25) is 0 Å². The molecule has 2 aromatic rings. The summed E-state index contributed by atoms with van der Waals surface area (Å²) in [5, 5.41) is 16.1. The zero-order chi connectivity index (χ0) is 18.4. The topological polar surface area (TPSA) is 93.5 Å². The number of benzene rings is 2. The first-order valence-electron chi connectivity index (χ1n) is 7.20. The first-order chi connectivity index (χ1) is 11.9. The number of nitro groups is 1. The van der Waals surface area contributed by atoms with Crippen LogP contribution in [-0.4, -0.2) is 22.5 Å². The molecule has 0 spiro atoms. The fourth-order valence-corrected chi connectivity index (χ4v) is 2.65. The minimum absolute atomic E-state index is 0.0375. The zero-order valence-corrected chi connectivity index (χ0v) is 15.5. The fourth-order valence-electron chi connectivity index (χ4n) is 1.95. The minimum Gasteiger partial charge on any atom is -0.493 e. The number of non-ortho nitro benzene ring substituents is 1. The van der Waals surface area contributed by atoms with Crippen molar-refractivity contribution >= 4 is 50.5 Å². The molecule has 0 unspecified atom stereocenters. The Morgan fingerprint density at radius 1 is 1.32 bits per heavy atom. The van der Waals surface area contributed by atoms with Gasteiger partial charge in [-0.25, -0.2) is 0 Å². The number of nitrogens with one attached hydrogen (secondary N) is 2. The van der Waals surface area contributed by atoms with Crippen LogP contribution in [0.1, 0.15) is 17.3 Å².